The molecule has 3 aromatic rings. The molecule has 0 saturated heterocycles. The van der Waals surface area contributed by atoms with Crippen molar-refractivity contribution < 1.29 is 19.0 Å². The zero-order valence-corrected chi connectivity index (χ0v) is 15.1. The van der Waals surface area contributed by atoms with Crippen molar-refractivity contribution in [3.8, 4) is 17.2 Å². The third-order valence-electron chi connectivity index (χ3n) is 3.32. The number of carbonyl (C=O) groups is 1. The Bertz CT molecular complexity index is 896. The number of methoxy groups -OCH3 is 2. The van der Waals surface area contributed by atoms with Crippen molar-refractivity contribution in [2.24, 2.45) is 0 Å². The Balaban J connectivity index is 1.69. The zero-order chi connectivity index (χ0) is 17.8. The minimum absolute atomic E-state index is 0.127. The van der Waals surface area contributed by atoms with Crippen LogP contribution in [0.15, 0.2) is 36.4 Å². The molecular weight excluding hydrogens is 364 g/mol. The molecule has 0 bridgehead atoms. The van der Waals surface area contributed by atoms with Crippen LogP contribution in [0.1, 0.15) is 0 Å². The fourth-order valence-corrected chi connectivity index (χ4v) is 3.19. The minimum atomic E-state index is -0.306. The average Bonchev–Trinajstić information content (AvgIpc) is 3.02. The molecule has 130 valence electrons. The van der Waals surface area contributed by atoms with Crippen molar-refractivity contribution in [3.63, 3.8) is 0 Å². The van der Waals surface area contributed by atoms with E-state index < -0.39 is 0 Å². The van der Waals surface area contributed by atoms with Crippen molar-refractivity contribution in [2.75, 3.05) is 26.1 Å². The molecule has 6 nitrogen and oxygen atoms in total. The molecule has 0 aliphatic heterocycles. The van der Waals surface area contributed by atoms with Crippen LogP contribution in [-0.2, 0) is 4.79 Å². The smallest absolute Gasteiger partial charge is 0.264 e. The molecule has 0 saturated carbocycles. The normalized spacial score (nSPS) is 10.5. The van der Waals surface area contributed by atoms with Crippen LogP contribution < -0.4 is 19.5 Å². The van der Waals surface area contributed by atoms with Gasteiger partial charge in [0, 0.05) is 11.1 Å². The molecule has 3 rings (SSSR count). The van der Waals surface area contributed by atoms with E-state index in [0.29, 0.717) is 32.9 Å². The number of anilines is 1. The van der Waals surface area contributed by atoms with Gasteiger partial charge in [-0.2, -0.15) is 0 Å². The number of ether oxygens (including phenoxy) is 3. The SMILES string of the molecule is COc1cc(OC)c2nc(NC(=O)COc3ccc(Cl)cc3)sc2c1. The highest BCUT2D eigenvalue weighted by Crippen LogP contribution is 2.36. The standard InChI is InChI=1S/C17H15ClN2O4S/c1-22-12-7-13(23-2)16-14(8-12)25-17(20-16)19-15(21)9-24-11-5-3-10(18)4-6-11/h3-8H,9H2,1-2H3,(H,19,20,21). The summed E-state index contributed by atoms with van der Waals surface area (Å²) in [7, 11) is 3.14. The van der Waals surface area contributed by atoms with E-state index in [1.807, 2.05) is 6.07 Å². The summed E-state index contributed by atoms with van der Waals surface area (Å²) in [6.07, 6.45) is 0. The van der Waals surface area contributed by atoms with Gasteiger partial charge < -0.3 is 14.2 Å². The molecule has 0 atom stereocenters. The number of hydrogen-bond acceptors (Lipinski definition) is 6. The number of halogens is 1. The van der Waals surface area contributed by atoms with Crippen molar-refractivity contribution in [3.05, 3.63) is 41.4 Å². The van der Waals surface area contributed by atoms with Crippen molar-refractivity contribution >= 4 is 44.2 Å². The summed E-state index contributed by atoms with van der Waals surface area (Å²) < 4.78 is 16.8. The first kappa shape index (κ1) is 17.3. The number of rotatable bonds is 6. The highest BCUT2D eigenvalue weighted by molar-refractivity contribution is 7.22. The van der Waals surface area contributed by atoms with Gasteiger partial charge in [-0.1, -0.05) is 22.9 Å². The van der Waals surface area contributed by atoms with Gasteiger partial charge in [0.05, 0.1) is 18.9 Å². The molecule has 25 heavy (non-hydrogen) atoms. The molecule has 0 radical (unpaired) electrons. The van der Waals surface area contributed by atoms with Gasteiger partial charge in [-0.3, -0.25) is 10.1 Å². The molecule has 1 amide bonds. The van der Waals surface area contributed by atoms with E-state index >= 15 is 0 Å². The lowest BCUT2D eigenvalue weighted by Crippen LogP contribution is -2.19. The summed E-state index contributed by atoms with van der Waals surface area (Å²) >= 11 is 7.14. The zero-order valence-electron chi connectivity index (χ0n) is 13.5. The van der Waals surface area contributed by atoms with E-state index in [1.165, 1.54) is 11.3 Å². The molecule has 0 unspecified atom stereocenters. The predicted molar refractivity (Wildman–Crippen MR) is 98.3 cm³/mol. The second-order valence-electron chi connectivity index (χ2n) is 4.99. The highest BCUT2D eigenvalue weighted by Gasteiger charge is 2.13. The first-order valence-corrected chi connectivity index (χ1v) is 8.49. The van der Waals surface area contributed by atoms with Crippen LogP contribution in [0.25, 0.3) is 10.2 Å². The molecule has 1 heterocycles. The summed E-state index contributed by atoms with van der Waals surface area (Å²) in [5.74, 6) is 1.51. The van der Waals surface area contributed by atoms with Gasteiger partial charge >= 0.3 is 0 Å². The lowest BCUT2D eigenvalue weighted by Gasteiger charge is -2.05. The van der Waals surface area contributed by atoms with Gasteiger partial charge in [-0.25, -0.2) is 4.98 Å². The van der Waals surface area contributed by atoms with E-state index in [4.69, 9.17) is 25.8 Å². The van der Waals surface area contributed by atoms with Crippen molar-refractivity contribution in [1.29, 1.82) is 0 Å². The molecule has 0 spiro atoms. The summed E-state index contributed by atoms with van der Waals surface area (Å²) in [5, 5.41) is 3.79. The van der Waals surface area contributed by atoms with Gasteiger partial charge in [0.25, 0.3) is 5.91 Å². The monoisotopic (exact) mass is 378 g/mol. The number of nitrogens with one attached hydrogen (secondary N) is 1. The summed E-state index contributed by atoms with van der Waals surface area (Å²) in [6.45, 7) is -0.127. The topological polar surface area (TPSA) is 69.7 Å². The maximum atomic E-state index is 12.1. The second kappa shape index (κ2) is 7.58. The van der Waals surface area contributed by atoms with Crippen LogP contribution in [-0.4, -0.2) is 31.7 Å². The lowest BCUT2D eigenvalue weighted by atomic mass is 10.3. The van der Waals surface area contributed by atoms with E-state index in [1.54, 1.807) is 44.6 Å². The largest absolute Gasteiger partial charge is 0.497 e. The van der Waals surface area contributed by atoms with Crippen LogP contribution in [0.3, 0.4) is 0 Å². The van der Waals surface area contributed by atoms with E-state index in [-0.39, 0.29) is 12.5 Å². The molecule has 1 N–H and O–H groups in total. The summed E-state index contributed by atoms with van der Waals surface area (Å²) in [5.41, 5.74) is 0.669. The Kier molecular flexibility index (Phi) is 5.25. The lowest BCUT2D eigenvalue weighted by molar-refractivity contribution is -0.118. The van der Waals surface area contributed by atoms with Gasteiger partial charge in [-0.05, 0) is 30.3 Å². The Labute approximate surface area is 153 Å². The van der Waals surface area contributed by atoms with Crippen LogP contribution in [0, 0.1) is 0 Å². The molecule has 2 aromatic carbocycles. The third-order valence-corrected chi connectivity index (χ3v) is 4.49. The number of carbonyl (C=O) groups excluding carboxylic acids is 1. The maximum Gasteiger partial charge on any atom is 0.264 e. The molecule has 0 aliphatic rings. The summed E-state index contributed by atoms with van der Waals surface area (Å²) in [6, 6.07) is 10.4. The van der Waals surface area contributed by atoms with E-state index in [0.717, 1.165) is 4.70 Å². The van der Waals surface area contributed by atoms with Crippen molar-refractivity contribution in [2.45, 2.75) is 0 Å². The number of benzene rings is 2. The molecule has 0 fully saturated rings. The number of fused-ring (bicyclic) bond motifs is 1. The van der Waals surface area contributed by atoms with Crippen molar-refractivity contribution in [1.82, 2.24) is 4.98 Å². The van der Waals surface area contributed by atoms with Gasteiger partial charge in [0.1, 0.15) is 22.8 Å². The Morgan fingerprint density at radius 1 is 1.16 bits per heavy atom. The predicted octanol–water partition coefficient (Wildman–Crippen LogP) is 3.98. The van der Waals surface area contributed by atoms with Crippen LogP contribution in [0.4, 0.5) is 5.13 Å². The molecule has 0 aliphatic carbocycles. The highest BCUT2D eigenvalue weighted by atomic mass is 35.5. The van der Waals surface area contributed by atoms with Gasteiger partial charge in [0.2, 0.25) is 0 Å². The quantitative estimate of drug-likeness (QED) is 0.702. The number of thiazole rings is 1. The number of nitrogens with zero attached hydrogens (tertiary/aromatic N) is 1. The molecule has 8 heteroatoms. The first-order chi connectivity index (χ1) is 12.1. The van der Waals surface area contributed by atoms with Gasteiger partial charge in [0.15, 0.2) is 11.7 Å². The first-order valence-electron chi connectivity index (χ1n) is 7.30. The molecular formula is C17H15ClN2O4S. The fourth-order valence-electron chi connectivity index (χ4n) is 2.14. The Hall–Kier alpha value is -2.51. The van der Waals surface area contributed by atoms with E-state index in [9.17, 15) is 4.79 Å². The van der Waals surface area contributed by atoms with E-state index in [2.05, 4.69) is 10.3 Å². The van der Waals surface area contributed by atoms with Crippen LogP contribution >= 0.6 is 22.9 Å². The Morgan fingerprint density at radius 2 is 1.92 bits per heavy atom. The van der Waals surface area contributed by atoms with Gasteiger partial charge in [-0.15, -0.1) is 0 Å². The second-order valence-corrected chi connectivity index (χ2v) is 6.45. The molecule has 1 aromatic heterocycles. The third kappa shape index (κ3) is 4.12. The fraction of sp³-hybridized carbons (Fsp3) is 0.176. The van der Waals surface area contributed by atoms with Crippen LogP contribution in [0.2, 0.25) is 5.02 Å². The van der Waals surface area contributed by atoms with Crippen LogP contribution in [0.5, 0.6) is 17.2 Å². The Morgan fingerprint density at radius 3 is 2.60 bits per heavy atom. The number of amides is 1. The number of hydrogen-bond donors (Lipinski definition) is 1. The minimum Gasteiger partial charge on any atom is -0.497 e. The number of aromatic nitrogens is 1. The maximum absolute atomic E-state index is 12.1. The summed E-state index contributed by atoms with van der Waals surface area (Å²) in [4.78, 5) is 16.5. The average molecular weight is 379 g/mol.